The molecular formula is C19H21N3O4. The predicted octanol–water partition coefficient (Wildman–Crippen LogP) is 2.02. The minimum absolute atomic E-state index is 0.200. The zero-order valence-electron chi connectivity index (χ0n) is 14.6. The van der Waals surface area contributed by atoms with Crippen molar-refractivity contribution in [2.24, 2.45) is 5.92 Å². The number of hydrogen-bond acceptors (Lipinski definition) is 5. The quantitative estimate of drug-likeness (QED) is 0.741. The molecule has 136 valence electrons. The van der Waals surface area contributed by atoms with E-state index in [1.165, 1.54) is 6.20 Å². The molecule has 0 saturated heterocycles. The van der Waals surface area contributed by atoms with E-state index in [4.69, 9.17) is 4.74 Å². The van der Waals surface area contributed by atoms with Gasteiger partial charge in [-0.3, -0.25) is 9.59 Å². The average Bonchev–Trinajstić information content (AvgIpc) is 2.65. The van der Waals surface area contributed by atoms with Crippen LogP contribution in [0.3, 0.4) is 0 Å². The Bertz CT molecular complexity index is 748. The molecule has 0 spiro atoms. The van der Waals surface area contributed by atoms with E-state index in [9.17, 15) is 14.4 Å². The van der Waals surface area contributed by atoms with Crippen molar-refractivity contribution in [2.45, 2.75) is 19.9 Å². The topological polar surface area (TPSA) is 97.4 Å². The highest BCUT2D eigenvalue weighted by Gasteiger charge is 2.26. The number of benzene rings is 1. The lowest BCUT2D eigenvalue weighted by Gasteiger charge is -2.20. The van der Waals surface area contributed by atoms with E-state index in [1.54, 1.807) is 62.4 Å². The van der Waals surface area contributed by atoms with Gasteiger partial charge in [-0.05, 0) is 30.2 Å². The fraction of sp³-hybridized carbons (Fsp3) is 0.263. The Morgan fingerprint density at radius 2 is 1.73 bits per heavy atom. The predicted molar refractivity (Wildman–Crippen MR) is 96.4 cm³/mol. The SMILES string of the molecule is CC(C)C(NC(=O)c1ccccc1)C(=O)OCC(=O)Nc1ccccn1. The van der Waals surface area contributed by atoms with E-state index in [0.717, 1.165) is 0 Å². The number of nitrogens with one attached hydrogen (secondary N) is 2. The second-order valence-electron chi connectivity index (χ2n) is 5.93. The van der Waals surface area contributed by atoms with Gasteiger partial charge in [-0.2, -0.15) is 0 Å². The van der Waals surface area contributed by atoms with Crippen LogP contribution >= 0.6 is 0 Å². The Hall–Kier alpha value is -3.22. The number of anilines is 1. The molecule has 0 bridgehead atoms. The summed E-state index contributed by atoms with van der Waals surface area (Å²) in [6.07, 6.45) is 1.54. The molecule has 1 atom stereocenters. The molecule has 1 aromatic carbocycles. The molecule has 2 aromatic rings. The van der Waals surface area contributed by atoms with E-state index >= 15 is 0 Å². The lowest BCUT2D eigenvalue weighted by atomic mass is 10.0. The van der Waals surface area contributed by atoms with Crippen LogP contribution in [0.1, 0.15) is 24.2 Å². The van der Waals surface area contributed by atoms with Gasteiger partial charge >= 0.3 is 5.97 Å². The molecule has 7 heteroatoms. The van der Waals surface area contributed by atoms with E-state index in [2.05, 4.69) is 15.6 Å². The first-order valence-corrected chi connectivity index (χ1v) is 8.21. The summed E-state index contributed by atoms with van der Waals surface area (Å²) in [5, 5.41) is 5.17. The largest absolute Gasteiger partial charge is 0.454 e. The van der Waals surface area contributed by atoms with Gasteiger partial charge in [0.15, 0.2) is 6.61 Å². The summed E-state index contributed by atoms with van der Waals surface area (Å²) in [6, 6.07) is 12.8. The molecule has 0 aliphatic heterocycles. The van der Waals surface area contributed by atoms with E-state index in [0.29, 0.717) is 11.4 Å². The van der Waals surface area contributed by atoms with Gasteiger partial charge in [0.1, 0.15) is 11.9 Å². The van der Waals surface area contributed by atoms with Crippen LogP contribution in [-0.2, 0) is 14.3 Å². The van der Waals surface area contributed by atoms with Gasteiger partial charge in [0, 0.05) is 11.8 Å². The fourth-order valence-corrected chi connectivity index (χ4v) is 2.15. The first-order chi connectivity index (χ1) is 12.5. The highest BCUT2D eigenvalue weighted by Crippen LogP contribution is 2.07. The number of pyridine rings is 1. The van der Waals surface area contributed by atoms with Crippen molar-refractivity contribution >= 4 is 23.6 Å². The van der Waals surface area contributed by atoms with Crippen LogP contribution in [0, 0.1) is 5.92 Å². The van der Waals surface area contributed by atoms with Crippen LogP contribution in [0.4, 0.5) is 5.82 Å². The van der Waals surface area contributed by atoms with Crippen LogP contribution < -0.4 is 10.6 Å². The molecule has 1 heterocycles. The summed E-state index contributed by atoms with van der Waals surface area (Å²) in [5.41, 5.74) is 0.443. The molecule has 2 N–H and O–H groups in total. The van der Waals surface area contributed by atoms with Gasteiger partial charge in [0.25, 0.3) is 11.8 Å². The van der Waals surface area contributed by atoms with Gasteiger partial charge in [-0.25, -0.2) is 9.78 Å². The number of aromatic nitrogens is 1. The Morgan fingerprint density at radius 1 is 1.04 bits per heavy atom. The van der Waals surface area contributed by atoms with Gasteiger partial charge in [0.2, 0.25) is 0 Å². The maximum Gasteiger partial charge on any atom is 0.329 e. The summed E-state index contributed by atoms with van der Waals surface area (Å²) in [5.74, 6) is -1.38. The van der Waals surface area contributed by atoms with Gasteiger partial charge in [-0.1, -0.05) is 38.1 Å². The van der Waals surface area contributed by atoms with Gasteiger partial charge in [-0.15, -0.1) is 0 Å². The van der Waals surface area contributed by atoms with Gasteiger partial charge < -0.3 is 15.4 Å². The van der Waals surface area contributed by atoms with Crippen molar-refractivity contribution in [3.05, 3.63) is 60.3 Å². The molecule has 2 amide bonds. The summed E-state index contributed by atoms with van der Waals surface area (Å²) in [6.45, 7) is 3.11. The van der Waals surface area contributed by atoms with E-state index in [-0.39, 0.29) is 11.8 Å². The molecule has 0 aliphatic carbocycles. The van der Waals surface area contributed by atoms with Crippen molar-refractivity contribution < 1.29 is 19.1 Å². The molecule has 2 rings (SSSR count). The number of amides is 2. The van der Waals surface area contributed by atoms with Crippen molar-refractivity contribution in [3.8, 4) is 0 Å². The summed E-state index contributed by atoms with van der Waals surface area (Å²) < 4.78 is 5.04. The molecule has 7 nitrogen and oxygen atoms in total. The van der Waals surface area contributed by atoms with Crippen LogP contribution in [0.15, 0.2) is 54.7 Å². The number of nitrogens with zero attached hydrogens (tertiary/aromatic N) is 1. The molecule has 0 radical (unpaired) electrons. The minimum atomic E-state index is -0.856. The van der Waals surface area contributed by atoms with Crippen molar-refractivity contribution in [1.82, 2.24) is 10.3 Å². The first-order valence-electron chi connectivity index (χ1n) is 8.21. The number of carbonyl (C=O) groups is 3. The standard InChI is InChI=1S/C19H21N3O4/c1-13(2)17(22-18(24)14-8-4-3-5-9-14)19(25)26-12-16(23)21-15-10-6-7-11-20-15/h3-11,13,17H,12H2,1-2H3,(H,22,24)(H,20,21,23). The summed E-state index contributed by atoms with van der Waals surface area (Å²) in [7, 11) is 0. The highest BCUT2D eigenvalue weighted by molar-refractivity contribution is 5.97. The minimum Gasteiger partial charge on any atom is -0.454 e. The summed E-state index contributed by atoms with van der Waals surface area (Å²) >= 11 is 0. The lowest BCUT2D eigenvalue weighted by molar-refractivity contribution is -0.150. The summed E-state index contributed by atoms with van der Waals surface area (Å²) in [4.78, 5) is 40.3. The van der Waals surface area contributed by atoms with Crippen LogP contribution in [0.2, 0.25) is 0 Å². The second kappa shape index (κ2) is 9.31. The Kier molecular flexibility index (Phi) is 6.84. The van der Waals surface area contributed by atoms with Crippen LogP contribution in [-0.4, -0.2) is 35.4 Å². The monoisotopic (exact) mass is 355 g/mol. The number of carbonyl (C=O) groups excluding carboxylic acids is 3. The Balaban J connectivity index is 1.89. The second-order valence-corrected chi connectivity index (χ2v) is 5.93. The smallest absolute Gasteiger partial charge is 0.329 e. The molecule has 26 heavy (non-hydrogen) atoms. The van der Waals surface area contributed by atoms with Gasteiger partial charge in [0.05, 0.1) is 0 Å². The number of hydrogen-bond donors (Lipinski definition) is 2. The zero-order chi connectivity index (χ0) is 18.9. The molecular weight excluding hydrogens is 334 g/mol. The third-order valence-electron chi connectivity index (χ3n) is 3.52. The number of rotatable bonds is 7. The highest BCUT2D eigenvalue weighted by atomic mass is 16.5. The molecule has 0 saturated carbocycles. The van der Waals surface area contributed by atoms with Crippen molar-refractivity contribution in [3.63, 3.8) is 0 Å². The van der Waals surface area contributed by atoms with Crippen LogP contribution in [0.5, 0.6) is 0 Å². The number of ether oxygens (including phenoxy) is 1. The first kappa shape index (κ1) is 19.1. The maximum atomic E-state index is 12.3. The molecule has 0 aliphatic rings. The third kappa shape index (κ3) is 5.70. The van der Waals surface area contributed by atoms with Crippen molar-refractivity contribution in [2.75, 3.05) is 11.9 Å². The zero-order valence-corrected chi connectivity index (χ0v) is 14.6. The molecule has 0 fully saturated rings. The normalized spacial score (nSPS) is 11.5. The molecule has 1 aromatic heterocycles. The van der Waals surface area contributed by atoms with Crippen LogP contribution in [0.25, 0.3) is 0 Å². The fourth-order valence-electron chi connectivity index (χ4n) is 2.15. The Labute approximate surface area is 151 Å². The molecule has 1 unspecified atom stereocenters. The van der Waals surface area contributed by atoms with Crippen molar-refractivity contribution in [1.29, 1.82) is 0 Å². The average molecular weight is 355 g/mol. The van der Waals surface area contributed by atoms with E-state index < -0.39 is 24.5 Å². The van der Waals surface area contributed by atoms with E-state index in [1.807, 2.05) is 0 Å². The Morgan fingerprint density at radius 3 is 2.35 bits per heavy atom. The third-order valence-corrected chi connectivity index (χ3v) is 3.52. The lowest BCUT2D eigenvalue weighted by Crippen LogP contribution is -2.45. The number of esters is 1. The maximum absolute atomic E-state index is 12.3.